The molecule has 0 radical (unpaired) electrons. The second-order valence-electron chi connectivity index (χ2n) is 4.39. The molecule has 0 spiro atoms. The second-order valence-corrected chi connectivity index (χ2v) is 6.36. The Hall–Kier alpha value is -1.51. The van der Waals surface area contributed by atoms with E-state index >= 15 is 0 Å². The molecule has 1 saturated heterocycles. The Labute approximate surface area is 111 Å². The van der Waals surface area contributed by atoms with Crippen LogP contribution >= 0.6 is 0 Å². The van der Waals surface area contributed by atoms with E-state index in [0.29, 0.717) is 13.0 Å². The summed E-state index contributed by atoms with van der Waals surface area (Å²) in [6.07, 6.45) is 0.705. The lowest BCUT2D eigenvalue weighted by molar-refractivity contribution is -0.387. The van der Waals surface area contributed by atoms with Crippen molar-refractivity contribution in [3.05, 3.63) is 34.4 Å². The Morgan fingerprint density at radius 3 is 2.68 bits per heavy atom. The molecule has 1 fully saturated rings. The van der Waals surface area contributed by atoms with E-state index in [4.69, 9.17) is 0 Å². The molecule has 2 rings (SSSR count). The summed E-state index contributed by atoms with van der Waals surface area (Å²) in [7, 11) is -2.38. The Morgan fingerprint density at radius 1 is 1.42 bits per heavy atom. The van der Waals surface area contributed by atoms with E-state index in [1.54, 1.807) is 0 Å². The third-order valence-corrected chi connectivity index (χ3v) is 5.22. The van der Waals surface area contributed by atoms with Gasteiger partial charge in [-0.2, -0.15) is 4.31 Å². The number of hydrogen-bond acceptors (Lipinski definition) is 5. The maximum absolute atomic E-state index is 12.4. The van der Waals surface area contributed by atoms with E-state index < -0.39 is 14.9 Å². The lowest BCUT2D eigenvalue weighted by Crippen LogP contribution is -2.38. The Kier molecular flexibility index (Phi) is 3.83. The quantitative estimate of drug-likeness (QED) is 0.645. The first-order valence-electron chi connectivity index (χ1n) is 5.87. The molecule has 1 heterocycles. The zero-order chi connectivity index (χ0) is 14.0. The molecule has 104 valence electrons. The second kappa shape index (κ2) is 5.24. The van der Waals surface area contributed by atoms with Gasteiger partial charge in [0.2, 0.25) is 10.0 Å². The van der Waals surface area contributed by atoms with Crippen molar-refractivity contribution in [2.24, 2.45) is 0 Å². The van der Waals surface area contributed by atoms with Crippen LogP contribution in [0.25, 0.3) is 0 Å². The van der Waals surface area contributed by atoms with Gasteiger partial charge in [0.25, 0.3) is 5.69 Å². The molecule has 1 N–H and O–H groups in total. The number of para-hydroxylation sites is 1. The molecule has 1 aromatic carbocycles. The molecule has 0 bridgehead atoms. The van der Waals surface area contributed by atoms with Crippen molar-refractivity contribution in [1.82, 2.24) is 9.62 Å². The molecule has 1 aliphatic rings. The van der Waals surface area contributed by atoms with E-state index in [1.165, 1.54) is 35.6 Å². The molecule has 0 aliphatic carbocycles. The molecular weight excluding hydrogens is 270 g/mol. The minimum Gasteiger partial charge on any atom is -0.315 e. The largest absolute Gasteiger partial charge is 0.315 e. The zero-order valence-corrected chi connectivity index (χ0v) is 11.3. The molecule has 1 aliphatic heterocycles. The Balaban J connectivity index is 2.41. The van der Waals surface area contributed by atoms with Crippen molar-refractivity contribution in [3.63, 3.8) is 0 Å². The van der Waals surface area contributed by atoms with E-state index in [9.17, 15) is 18.5 Å². The normalized spacial score (nSPS) is 19.8. The van der Waals surface area contributed by atoms with E-state index in [2.05, 4.69) is 5.32 Å². The van der Waals surface area contributed by atoms with Crippen LogP contribution in [0.5, 0.6) is 0 Å². The highest BCUT2D eigenvalue weighted by molar-refractivity contribution is 7.89. The minimum atomic E-state index is -3.85. The average molecular weight is 285 g/mol. The lowest BCUT2D eigenvalue weighted by atomic mass is 10.3. The van der Waals surface area contributed by atoms with Gasteiger partial charge < -0.3 is 5.32 Å². The molecule has 0 saturated carbocycles. The van der Waals surface area contributed by atoms with Gasteiger partial charge in [-0.3, -0.25) is 10.1 Å². The van der Waals surface area contributed by atoms with Crippen molar-refractivity contribution < 1.29 is 13.3 Å². The summed E-state index contributed by atoms with van der Waals surface area (Å²) >= 11 is 0. The predicted octanol–water partition coefficient (Wildman–Crippen LogP) is 0.577. The first-order chi connectivity index (χ1) is 8.94. The van der Waals surface area contributed by atoms with Gasteiger partial charge in [-0.1, -0.05) is 12.1 Å². The third-order valence-electron chi connectivity index (χ3n) is 3.27. The molecule has 7 nitrogen and oxygen atoms in total. The number of hydrogen-bond donors (Lipinski definition) is 1. The summed E-state index contributed by atoms with van der Waals surface area (Å²) in [4.78, 5) is 9.99. The van der Waals surface area contributed by atoms with Crippen molar-refractivity contribution >= 4 is 15.7 Å². The Morgan fingerprint density at radius 2 is 2.11 bits per heavy atom. The van der Waals surface area contributed by atoms with Gasteiger partial charge in [-0.15, -0.1) is 0 Å². The van der Waals surface area contributed by atoms with Gasteiger partial charge >= 0.3 is 0 Å². The number of nitro benzene ring substituents is 1. The summed E-state index contributed by atoms with van der Waals surface area (Å²) in [6, 6.07) is 5.25. The monoisotopic (exact) mass is 285 g/mol. The van der Waals surface area contributed by atoms with Gasteiger partial charge in [0, 0.05) is 25.7 Å². The first-order valence-corrected chi connectivity index (χ1v) is 7.31. The van der Waals surface area contributed by atoms with E-state index in [1.807, 2.05) is 0 Å². The van der Waals surface area contributed by atoms with Crippen LogP contribution in [0.1, 0.15) is 6.42 Å². The van der Waals surface area contributed by atoms with Crippen molar-refractivity contribution in [2.75, 3.05) is 20.1 Å². The number of nitrogens with zero attached hydrogens (tertiary/aromatic N) is 2. The van der Waals surface area contributed by atoms with Gasteiger partial charge in [0.15, 0.2) is 4.90 Å². The average Bonchev–Trinajstić information content (AvgIpc) is 2.91. The highest BCUT2D eigenvalue weighted by Crippen LogP contribution is 2.27. The Bertz CT molecular complexity index is 581. The van der Waals surface area contributed by atoms with Crippen molar-refractivity contribution in [1.29, 1.82) is 0 Å². The summed E-state index contributed by atoms with van der Waals surface area (Å²) in [5.41, 5.74) is -0.389. The number of nitrogens with one attached hydrogen (secondary N) is 1. The number of sulfonamides is 1. The highest BCUT2D eigenvalue weighted by atomic mass is 32.2. The van der Waals surface area contributed by atoms with Crippen LogP contribution in [-0.4, -0.2) is 43.8 Å². The SMILES string of the molecule is CN([C@H]1CCNC1)S(=O)(=O)c1ccccc1[N+](=O)[O-]. The number of nitro groups is 1. The topological polar surface area (TPSA) is 92.6 Å². The summed E-state index contributed by atoms with van der Waals surface area (Å²) in [5, 5.41) is 14.0. The van der Waals surface area contributed by atoms with Gasteiger partial charge in [-0.05, 0) is 19.0 Å². The van der Waals surface area contributed by atoms with E-state index in [-0.39, 0.29) is 16.6 Å². The van der Waals surface area contributed by atoms with Crippen LogP contribution in [0.4, 0.5) is 5.69 Å². The molecule has 0 unspecified atom stereocenters. The van der Waals surface area contributed by atoms with Crippen molar-refractivity contribution in [3.8, 4) is 0 Å². The fourth-order valence-corrected chi connectivity index (χ4v) is 3.67. The van der Waals surface area contributed by atoms with Crippen LogP contribution in [0.15, 0.2) is 29.2 Å². The van der Waals surface area contributed by atoms with Gasteiger partial charge in [0.05, 0.1) is 4.92 Å². The highest BCUT2D eigenvalue weighted by Gasteiger charge is 2.34. The van der Waals surface area contributed by atoms with Gasteiger partial charge in [-0.25, -0.2) is 8.42 Å². The molecule has 1 aromatic rings. The maximum Gasteiger partial charge on any atom is 0.289 e. The number of likely N-dealkylation sites (N-methyl/N-ethyl adjacent to an activating group) is 1. The molecule has 1 atom stereocenters. The smallest absolute Gasteiger partial charge is 0.289 e. The molecule has 0 amide bonds. The maximum atomic E-state index is 12.4. The fourth-order valence-electron chi connectivity index (χ4n) is 2.13. The standard InChI is InChI=1S/C11H15N3O4S/c1-13(9-6-7-12-8-9)19(17,18)11-5-3-2-4-10(11)14(15)16/h2-5,9,12H,6-8H2,1H3/t9-/m0/s1. The number of rotatable bonds is 4. The van der Waals surface area contributed by atoms with Crippen LogP contribution in [0, 0.1) is 10.1 Å². The van der Waals surface area contributed by atoms with Gasteiger partial charge in [0.1, 0.15) is 0 Å². The summed E-state index contributed by atoms with van der Waals surface area (Å²) in [5.74, 6) is 0. The van der Waals surface area contributed by atoms with Crippen LogP contribution < -0.4 is 5.32 Å². The zero-order valence-electron chi connectivity index (χ0n) is 10.4. The van der Waals surface area contributed by atoms with Crippen LogP contribution in [-0.2, 0) is 10.0 Å². The molecule has 19 heavy (non-hydrogen) atoms. The summed E-state index contributed by atoms with van der Waals surface area (Å²) < 4.78 is 26.1. The minimum absolute atomic E-state index is 0.162. The molecule has 0 aromatic heterocycles. The first kappa shape index (κ1) is 13.9. The summed E-state index contributed by atoms with van der Waals surface area (Å²) in [6.45, 7) is 1.32. The van der Waals surface area contributed by atoms with E-state index in [0.717, 1.165) is 6.54 Å². The third kappa shape index (κ3) is 2.60. The predicted molar refractivity (Wildman–Crippen MR) is 69.3 cm³/mol. The lowest BCUT2D eigenvalue weighted by Gasteiger charge is -2.22. The molecular formula is C11H15N3O4S. The fraction of sp³-hybridized carbons (Fsp3) is 0.455. The van der Waals surface area contributed by atoms with Crippen molar-refractivity contribution in [2.45, 2.75) is 17.4 Å². The van der Waals surface area contributed by atoms with Crippen LogP contribution in [0.2, 0.25) is 0 Å². The molecule has 8 heteroatoms. The van der Waals surface area contributed by atoms with Crippen LogP contribution in [0.3, 0.4) is 0 Å². The number of benzene rings is 1.